The molecule has 0 bridgehead atoms. The van der Waals surface area contributed by atoms with Crippen molar-refractivity contribution in [2.75, 3.05) is 20.3 Å². The van der Waals surface area contributed by atoms with Gasteiger partial charge in [0.05, 0.1) is 25.4 Å². The molecule has 27 heavy (non-hydrogen) atoms. The Morgan fingerprint density at radius 1 is 1.07 bits per heavy atom. The second kappa shape index (κ2) is 9.85. The minimum absolute atomic E-state index is 0.312. The Balaban J connectivity index is 2.18. The van der Waals surface area contributed by atoms with E-state index in [1.54, 1.807) is 6.92 Å². The van der Waals surface area contributed by atoms with E-state index in [4.69, 9.17) is 24.7 Å². The van der Waals surface area contributed by atoms with Crippen LogP contribution in [-0.4, -0.2) is 107 Å². The number of rotatable bonds is 7. The fourth-order valence-electron chi connectivity index (χ4n) is 3.49. The molecule has 0 aromatic carbocycles. The van der Waals surface area contributed by atoms with Crippen molar-refractivity contribution in [3.8, 4) is 0 Å². The Hall–Kier alpha value is -0.440. The lowest BCUT2D eigenvalue weighted by molar-refractivity contribution is -0.333. The second-order valence-electron chi connectivity index (χ2n) is 7.07. The van der Waals surface area contributed by atoms with Crippen molar-refractivity contribution in [3.63, 3.8) is 0 Å². The molecule has 2 aliphatic heterocycles. The van der Waals surface area contributed by atoms with Gasteiger partial charge < -0.3 is 50.2 Å². The molecule has 2 heterocycles. The monoisotopic (exact) mass is 396 g/mol. The standard InChI is InChI=1S/C16H32N2O9/c1-6-8(4-19)25-16(12(22)10(6)17)27-14-9(5-20)26-15(24-3)11(13(14)23)18-7(2)21/h6-16,18-23H,4-5,17H2,1-3H3. The molecule has 2 aliphatic rings. The van der Waals surface area contributed by atoms with Crippen molar-refractivity contribution in [2.45, 2.75) is 75.3 Å². The molecular formula is C16H32N2O9. The van der Waals surface area contributed by atoms with Crippen LogP contribution >= 0.6 is 0 Å². The number of ether oxygens (including phenoxy) is 4. The zero-order valence-electron chi connectivity index (χ0n) is 15.7. The lowest BCUT2D eigenvalue weighted by Gasteiger charge is -2.47. The van der Waals surface area contributed by atoms with E-state index in [9.17, 15) is 25.5 Å². The molecule has 0 aromatic heterocycles. The molecule has 2 fully saturated rings. The van der Waals surface area contributed by atoms with Crippen LogP contribution in [0.25, 0.3) is 0 Å². The first-order valence-electron chi connectivity index (χ1n) is 9.01. The van der Waals surface area contributed by atoms with Crippen LogP contribution in [0.15, 0.2) is 0 Å². The van der Waals surface area contributed by atoms with Gasteiger partial charge >= 0.3 is 0 Å². The van der Waals surface area contributed by atoms with Gasteiger partial charge in [0, 0.05) is 19.1 Å². The highest BCUT2D eigenvalue weighted by atomic mass is 16.7. The molecule has 0 radical (unpaired) electrons. The van der Waals surface area contributed by atoms with E-state index in [0.29, 0.717) is 0 Å². The molecule has 160 valence electrons. The molecule has 11 unspecified atom stereocenters. The number of hydrogen-bond acceptors (Lipinski definition) is 11. The lowest BCUT2D eigenvalue weighted by atomic mass is 9.89. The minimum atomic E-state index is -1.27. The van der Waals surface area contributed by atoms with Crippen LogP contribution in [-0.2, 0) is 18.9 Å². The number of nitrogens with one attached hydrogen (secondary N) is 1. The zero-order valence-corrected chi connectivity index (χ0v) is 15.7. The number of hydrogen-bond donors (Lipinski definition) is 7. The average molecular weight is 396 g/mol. The van der Waals surface area contributed by atoms with E-state index in [0.717, 1.165) is 0 Å². The first-order chi connectivity index (χ1) is 12.7. The number of methoxy groups -OCH3 is 1. The van der Waals surface area contributed by atoms with E-state index >= 15 is 0 Å². The first-order valence-corrected chi connectivity index (χ1v) is 9.01. The Bertz CT molecular complexity index is 456. The molecule has 11 atom stereocenters. The van der Waals surface area contributed by atoms with Crippen LogP contribution in [0.3, 0.4) is 0 Å². The largest absolute Gasteiger partial charge is 0.394 e. The summed E-state index contributed by atoms with van der Waals surface area (Å²) in [5.41, 5.74) is 5.99. The second-order valence-corrected chi connectivity index (χ2v) is 7.07. The fourth-order valence-corrected chi connectivity index (χ4v) is 3.49. The average Bonchev–Trinajstić information content (AvgIpc) is 2.64. The molecule has 11 nitrogen and oxygen atoms in total. The van der Waals surface area contributed by atoms with E-state index < -0.39 is 68.0 Å². The highest BCUT2D eigenvalue weighted by molar-refractivity contribution is 4.96. The summed E-state index contributed by atoms with van der Waals surface area (Å²) in [7, 11) is 1.37. The quantitative estimate of drug-likeness (QED) is 0.212. The topological polar surface area (TPSA) is 176 Å². The third-order valence-corrected chi connectivity index (χ3v) is 5.17. The van der Waals surface area contributed by atoms with Gasteiger partial charge in [0.25, 0.3) is 0 Å². The predicted octanol–water partition coefficient (Wildman–Crippen LogP) is -3.57. The smallest absolute Gasteiger partial charge is 0.185 e. The van der Waals surface area contributed by atoms with Crippen molar-refractivity contribution in [3.05, 3.63) is 0 Å². The van der Waals surface area contributed by atoms with Crippen LogP contribution in [0.2, 0.25) is 0 Å². The third kappa shape index (κ3) is 4.95. The summed E-state index contributed by atoms with van der Waals surface area (Å²) in [5, 5.41) is 52.6. The number of nitrogens with two attached hydrogens (primary N) is 1. The van der Waals surface area contributed by atoms with Crippen LogP contribution < -0.4 is 11.1 Å². The predicted molar refractivity (Wildman–Crippen MR) is 91.1 cm³/mol. The van der Waals surface area contributed by atoms with E-state index in [-0.39, 0.29) is 12.5 Å². The maximum Gasteiger partial charge on any atom is 0.185 e. The van der Waals surface area contributed by atoms with Gasteiger partial charge in [-0.3, -0.25) is 5.32 Å². The Kier molecular flexibility index (Phi) is 8.34. The summed E-state index contributed by atoms with van der Waals surface area (Å²) in [6.07, 6.45) is -8.38. The highest BCUT2D eigenvalue weighted by Gasteiger charge is 2.50. The summed E-state index contributed by atoms with van der Waals surface area (Å²) in [4.78, 5) is 0. The summed E-state index contributed by atoms with van der Waals surface area (Å²) in [5.74, 6) is -0.312. The molecule has 8 N–H and O–H groups in total. The van der Waals surface area contributed by atoms with E-state index in [1.165, 1.54) is 14.0 Å². The Labute approximate surface area is 158 Å². The highest BCUT2D eigenvalue weighted by Crippen LogP contribution is 2.30. The minimum Gasteiger partial charge on any atom is -0.394 e. The van der Waals surface area contributed by atoms with Crippen LogP contribution in [0, 0.1) is 5.92 Å². The molecule has 0 amide bonds. The van der Waals surface area contributed by atoms with Gasteiger partial charge in [-0.15, -0.1) is 0 Å². The van der Waals surface area contributed by atoms with Gasteiger partial charge in [0.15, 0.2) is 12.6 Å². The third-order valence-electron chi connectivity index (χ3n) is 5.17. The normalized spacial score (nSPS) is 47.0. The Morgan fingerprint density at radius 2 is 1.67 bits per heavy atom. The van der Waals surface area contributed by atoms with Crippen molar-refractivity contribution in [2.24, 2.45) is 11.7 Å². The maximum absolute atomic E-state index is 10.8. The van der Waals surface area contributed by atoms with Crippen molar-refractivity contribution < 1.29 is 44.5 Å². The molecule has 2 saturated heterocycles. The first kappa shape index (κ1) is 22.8. The number of aliphatic hydroxyl groups is 5. The molecule has 0 spiro atoms. The zero-order chi connectivity index (χ0) is 20.3. The lowest BCUT2D eigenvalue weighted by Crippen LogP contribution is -2.67. The summed E-state index contributed by atoms with van der Waals surface area (Å²) in [6, 6.07) is -1.59. The van der Waals surface area contributed by atoms with Crippen LogP contribution in [0.5, 0.6) is 0 Å². The van der Waals surface area contributed by atoms with Gasteiger partial charge in [-0.2, -0.15) is 0 Å². The summed E-state index contributed by atoms with van der Waals surface area (Å²) < 4.78 is 22.1. The summed E-state index contributed by atoms with van der Waals surface area (Å²) >= 11 is 0. The molecular weight excluding hydrogens is 364 g/mol. The van der Waals surface area contributed by atoms with Gasteiger partial charge in [-0.05, 0) is 6.92 Å². The molecule has 0 aromatic rings. The van der Waals surface area contributed by atoms with Gasteiger partial charge in [0.2, 0.25) is 0 Å². The van der Waals surface area contributed by atoms with Gasteiger partial charge in [0.1, 0.15) is 30.6 Å². The molecule has 0 aliphatic carbocycles. The summed E-state index contributed by atoms with van der Waals surface area (Å²) in [6.45, 7) is 2.41. The molecule has 11 heteroatoms. The van der Waals surface area contributed by atoms with Crippen molar-refractivity contribution >= 4 is 0 Å². The van der Waals surface area contributed by atoms with E-state index in [2.05, 4.69) is 5.32 Å². The van der Waals surface area contributed by atoms with Crippen LogP contribution in [0.1, 0.15) is 13.8 Å². The number of aliphatic hydroxyl groups excluding tert-OH is 5. The Morgan fingerprint density at radius 3 is 2.19 bits per heavy atom. The van der Waals surface area contributed by atoms with Gasteiger partial charge in [-0.25, -0.2) is 0 Å². The fraction of sp³-hybridized carbons (Fsp3) is 1.00. The van der Waals surface area contributed by atoms with Gasteiger partial charge in [-0.1, -0.05) is 6.92 Å². The molecule has 2 rings (SSSR count). The van der Waals surface area contributed by atoms with Crippen molar-refractivity contribution in [1.29, 1.82) is 0 Å². The van der Waals surface area contributed by atoms with Crippen LogP contribution in [0.4, 0.5) is 0 Å². The maximum atomic E-state index is 10.8. The SMILES string of the molecule is COC1OC(CO)C(OC2OC(CO)C(C)C(N)C2O)C(O)C1NC(C)O. The molecule has 0 saturated carbocycles. The van der Waals surface area contributed by atoms with E-state index in [1.807, 2.05) is 0 Å². The van der Waals surface area contributed by atoms with Crippen molar-refractivity contribution in [1.82, 2.24) is 5.32 Å².